The Morgan fingerprint density at radius 2 is 1.28 bits per heavy atom. The van der Waals surface area contributed by atoms with Gasteiger partial charge in [0.1, 0.15) is 17.4 Å². The van der Waals surface area contributed by atoms with Crippen LogP contribution in [0.25, 0.3) is 11.1 Å². The van der Waals surface area contributed by atoms with Gasteiger partial charge in [-0.15, -0.1) is 0 Å². The van der Waals surface area contributed by atoms with Gasteiger partial charge in [0, 0.05) is 0 Å². The van der Waals surface area contributed by atoms with Gasteiger partial charge >= 0.3 is 0 Å². The molecule has 0 unspecified atom stereocenters. The first-order chi connectivity index (χ1) is 15.6. The van der Waals surface area contributed by atoms with Crippen molar-refractivity contribution in [1.29, 1.82) is 0 Å². The molecule has 0 bridgehead atoms. The highest BCUT2D eigenvalue weighted by Gasteiger charge is 2.14. The molecule has 0 atom stereocenters. The topological polar surface area (TPSA) is 18.5 Å². The van der Waals surface area contributed by atoms with E-state index < -0.39 is 5.82 Å². The number of rotatable bonds is 12. The summed E-state index contributed by atoms with van der Waals surface area (Å²) in [6, 6.07) is 20.2. The number of halogens is 2. The van der Waals surface area contributed by atoms with Crippen molar-refractivity contribution in [2.45, 2.75) is 59.0 Å². The number of benzene rings is 3. The van der Waals surface area contributed by atoms with Crippen LogP contribution in [0.5, 0.6) is 11.5 Å². The number of hydrogen-bond acceptors (Lipinski definition) is 2. The van der Waals surface area contributed by atoms with Crippen LogP contribution in [0.15, 0.2) is 60.7 Å². The molecule has 4 heteroatoms. The summed E-state index contributed by atoms with van der Waals surface area (Å²) in [5.74, 6) is -0.109. The van der Waals surface area contributed by atoms with E-state index in [0.29, 0.717) is 12.4 Å². The predicted molar refractivity (Wildman–Crippen MR) is 131 cm³/mol. The fourth-order valence-corrected chi connectivity index (χ4v) is 3.67. The minimum atomic E-state index is -0.587. The lowest BCUT2D eigenvalue weighted by atomic mass is 10.0. The van der Waals surface area contributed by atoms with Gasteiger partial charge in [-0.05, 0) is 53.6 Å². The summed E-state index contributed by atoms with van der Waals surface area (Å²) < 4.78 is 25.8. The lowest BCUT2D eigenvalue weighted by molar-refractivity contribution is 0.284. The SMILES string of the molecule is CCCCCc1ccc(-c2ccc(COc3ccc(OCCCC)c(Cl)c3F)cc2)cc1. The minimum Gasteiger partial charge on any atom is -0.492 e. The van der Waals surface area contributed by atoms with Crippen molar-refractivity contribution in [3.63, 3.8) is 0 Å². The molecule has 3 aromatic rings. The molecular weight excluding hydrogens is 423 g/mol. The maximum atomic E-state index is 14.6. The molecule has 3 aromatic carbocycles. The van der Waals surface area contributed by atoms with Crippen LogP contribution in [0, 0.1) is 5.82 Å². The normalized spacial score (nSPS) is 10.9. The van der Waals surface area contributed by atoms with Gasteiger partial charge in [0.2, 0.25) is 0 Å². The largest absolute Gasteiger partial charge is 0.492 e. The Balaban J connectivity index is 1.57. The first kappa shape index (κ1) is 24.1. The zero-order chi connectivity index (χ0) is 22.8. The van der Waals surface area contributed by atoms with E-state index in [4.69, 9.17) is 21.1 Å². The molecule has 0 heterocycles. The quantitative estimate of drug-likeness (QED) is 0.255. The summed E-state index contributed by atoms with van der Waals surface area (Å²) in [5.41, 5.74) is 4.68. The van der Waals surface area contributed by atoms with E-state index in [1.807, 2.05) is 12.1 Å². The average molecular weight is 455 g/mol. The van der Waals surface area contributed by atoms with Crippen molar-refractivity contribution < 1.29 is 13.9 Å². The maximum absolute atomic E-state index is 14.6. The van der Waals surface area contributed by atoms with Gasteiger partial charge < -0.3 is 9.47 Å². The monoisotopic (exact) mass is 454 g/mol. The standard InChI is InChI=1S/C28H32ClFO2/c1-3-5-7-8-21-9-13-23(14-10-21)24-15-11-22(12-16-24)20-32-26-18-17-25(27(29)28(26)30)31-19-6-4-2/h9-18H,3-8,19-20H2,1-2H3. The zero-order valence-corrected chi connectivity index (χ0v) is 19.8. The van der Waals surface area contributed by atoms with E-state index in [2.05, 4.69) is 50.2 Å². The van der Waals surface area contributed by atoms with Gasteiger partial charge in [-0.3, -0.25) is 0 Å². The number of hydrogen-bond donors (Lipinski definition) is 0. The molecule has 170 valence electrons. The fraction of sp³-hybridized carbons (Fsp3) is 0.357. The van der Waals surface area contributed by atoms with E-state index in [1.165, 1.54) is 30.4 Å². The highest BCUT2D eigenvalue weighted by Crippen LogP contribution is 2.34. The van der Waals surface area contributed by atoms with Crippen molar-refractivity contribution in [1.82, 2.24) is 0 Å². The number of ether oxygens (including phenoxy) is 2. The van der Waals surface area contributed by atoms with Crippen LogP contribution >= 0.6 is 11.6 Å². The van der Waals surface area contributed by atoms with Crippen LogP contribution in [0.3, 0.4) is 0 Å². The highest BCUT2D eigenvalue weighted by atomic mass is 35.5. The van der Waals surface area contributed by atoms with Gasteiger partial charge in [-0.25, -0.2) is 4.39 Å². The van der Waals surface area contributed by atoms with E-state index in [0.717, 1.165) is 30.4 Å². The van der Waals surface area contributed by atoms with Crippen molar-refractivity contribution in [3.8, 4) is 22.6 Å². The van der Waals surface area contributed by atoms with Gasteiger partial charge in [-0.2, -0.15) is 0 Å². The third kappa shape index (κ3) is 6.74. The van der Waals surface area contributed by atoms with Crippen molar-refractivity contribution in [2.24, 2.45) is 0 Å². The molecule has 0 spiro atoms. The van der Waals surface area contributed by atoms with Crippen molar-refractivity contribution >= 4 is 11.6 Å². The summed E-state index contributed by atoms with van der Waals surface area (Å²) in [6.07, 6.45) is 6.80. The molecule has 0 aliphatic carbocycles. The molecular formula is C28H32ClFO2. The van der Waals surface area contributed by atoms with Gasteiger partial charge in [0.15, 0.2) is 11.6 Å². The fourth-order valence-electron chi connectivity index (χ4n) is 3.46. The molecule has 0 N–H and O–H groups in total. The Labute approximate surface area is 196 Å². The highest BCUT2D eigenvalue weighted by molar-refractivity contribution is 6.32. The van der Waals surface area contributed by atoms with E-state index in [9.17, 15) is 4.39 Å². The van der Waals surface area contributed by atoms with Crippen LogP contribution in [-0.4, -0.2) is 6.61 Å². The van der Waals surface area contributed by atoms with Crippen LogP contribution in [0.4, 0.5) is 4.39 Å². The summed E-state index contributed by atoms with van der Waals surface area (Å²) in [7, 11) is 0. The Morgan fingerprint density at radius 1 is 0.688 bits per heavy atom. The molecule has 3 rings (SSSR count). The van der Waals surface area contributed by atoms with Crippen LogP contribution in [-0.2, 0) is 13.0 Å². The number of unbranched alkanes of at least 4 members (excludes halogenated alkanes) is 3. The lowest BCUT2D eigenvalue weighted by Gasteiger charge is -2.12. The Morgan fingerprint density at radius 3 is 1.91 bits per heavy atom. The molecule has 0 aliphatic heterocycles. The minimum absolute atomic E-state index is 0.0351. The predicted octanol–water partition coefficient (Wildman–Crippen LogP) is 8.64. The molecule has 0 radical (unpaired) electrons. The molecule has 0 aromatic heterocycles. The third-order valence-electron chi connectivity index (χ3n) is 5.47. The van der Waals surface area contributed by atoms with Crippen LogP contribution in [0.2, 0.25) is 5.02 Å². The van der Waals surface area contributed by atoms with Crippen LogP contribution < -0.4 is 9.47 Å². The van der Waals surface area contributed by atoms with Crippen molar-refractivity contribution in [2.75, 3.05) is 6.61 Å². The van der Waals surface area contributed by atoms with E-state index in [-0.39, 0.29) is 17.4 Å². The molecule has 0 amide bonds. The summed E-state index contributed by atoms with van der Waals surface area (Å²) in [5, 5.41) is -0.0351. The lowest BCUT2D eigenvalue weighted by Crippen LogP contribution is -2.01. The van der Waals surface area contributed by atoms with E-state index >= 15 is 0 Å². The molecule has 0 saturated heterocycles. The smallest absolute Gasteiger partial charge is 0.187 e. The third-order valence-corrected chi connectivity index (χ3v) is 5.82. The molecule has 0 fully saturated rings. The van der Waals surface area contributed by atoms with Gasteiger partial charge in [0.25, 0.3) is 0 Å². The molecule has 0 aliphatic rings. The van der Waals surface area contributed by atoms with E-state index in [1.54, 1.807) is 12.1 Å². The first-order valence-corrected chi connectivity index (χ1v) is 11.9. The second kappa shape index (κ2) is 12.5. The zero-order valence-electron chi connectivity index (χ0n) is 19.0. The second-order valence-corrected chi connectivity index (χ2v) is 8.41. The average Bonchev–Trinajstić information content (AvgIpc) is 2.82. The Hall–Kier alpha value is -2.52. The summed E-state index contributed by atoms with van der Waals surface area (Å²) >= 11 is 6.11. The second-order valence-electron chi connectivity index (χ2n) is 8.03. The number of aryl methyl sites for hydroxylation is 1. The summed E-state index contributed by atoms with van der Waals surface area (Å²) in [6.45, 7) is 5.08. The van der Waals surface area contributed by atoms with Gasteiger partial charge in [-0.1, -0.05) is 93.2 Å². The van der Waals surface area contributed by atoms with Crippen molar-refractivity contribution in [3.05, 3.63) is 82.6 Å². The summed E-state index contributed by atoms with van der Waals surface area (Å²) in [4.78, 5) is 0. The Kier molecular flexibility index (Phi) is 9.43. The first-order valence-electron chi connectivity index (χ1n) is 11.5. The molecule has 0 saturated carbocycles. The van der Waals surface area contributed by atoms with Gasteiger partial charge in [0.05, 0.1) is 6.61 Å². The Bertz CT molecular complexity index is 968. The maximum Gasteiger partial charge on any atom is 0.187 e. The van der Waals surface area contributed by atoms with Crippen LogP contribution in [0.1, 0.15) is 57.1 Å². The molecule has 32 heavy (non-hydrogen) atoms. The molecule has 2 nitrogen and oxygen atoms in total.